The van der Waals surface area contributed by atoms with Gasteiger partial charge in [0.25, 0.3) is 5.91 Å². The maximum absolute atomic E-state index is 12.3. The zero-order valence-electron chi connectivity index (χ0n) is 13.6. The second kappa shape index (κ2) is 6.59. The third-order valence-corrected chi connectivity index (χ3v) is 4.91. The lowest BCUT2D eigenvalue weighted by Crippen LogP contribution is -2.38. The number of likely N-dealkylation sites (tertiary alicyclic amines) is 1. The van der Waals surface area contributed by atoms with Gasteiger partial charge in [0.1, 0.15) is 0 Å². The van der Waals surface area contributed by atoms with Crippen LogP contribution in [0.25, 0.3) is 0 Å². The Morgan fingerprint density at radius 3 is 2.75 bits per heavy atom. The molecule has 4 rings (SSSR count). The van der Waals surface area contributed by atoms with Crippen molar-refractivity contribution in [2.24, 2.45) is 5.92 Å². The van der Waals surface area contributed by atoms with Crippen molar-refractivity contribution in [3.63, 3.8) is 0 Å². The van der Waals surface area contributed by atoms with E-state index < -0.39 is 0 Å². The molecule has 5 heteroatoms. The van der Waals surface area contributed by atoms with E-state index in [9.17, 15) is 4.79 Å². The number of carbonyl (C=O) groups is 1. The zero-order chi connectivity index (χ0) is 16.4. The van der Waals surface area contributed by atoms with Crippen molar-refractivity contribution < 1.29 is 18.7 Å². The van der Waals surface area contributed by atoms with Crippen molar-refractivity contribution in [1.29, 1.82) is 0 Å². The molecular formula is C19H21NO4. The SMILES string of the molecule is O=C(c1ccco1)N1CCC(CCc2ccc3c(c2)OCO3)CC1. The van der Waals surface area contributed by atoms with Gasteiger partial charge in [-0.25, -0.2) is 0 Å². The van der Waals surface area contributed by atoms with Gasteiger partial charge in [-0.3, -0.25) is 4.79 Å². The van der Waals surface area contributed by atoms with E-state index in [0.717, 1.165) is 50.3 Å². The number of rotatable bonds is 4. The molecule has 0 atom stereocenters. The summed E-state index contributed by atoms with van der Waals surface area (Å²) < 4.78 is 16.0. The molecule has 0 aliphatic carbocycles. The topological polar surface area (TPSA) is 51.9 Å². The first-order valence-corrected chi connectivity index (χ1v) is 8.51. The van der Waals surface area contributed by atoms with Gasteiger partial charge in [-0.05, 0) is 61.4 Å². The summed E-state index contributed by atoms with van der Waals surface area (Å²) in [5.41, 5.74) is 1.29. The Morgan fingerprint density at radius 1 is 1.12 bits per heavy atom. The summed E-state index contributed by atoms with van der Waals surface area (Å²) in [4.78, 5) is 14.2. The minimum atomic E-state index is 0.00854. The Morgan fingerprint density at radius 2 is 1.96 bits per heavy atom. The number of fused-ring (bicyclic) bond motifs is 1. The average molecular weight is 327 g/mol. The van der Waals surface area contributed by atoms with Crippen molar-refractivity contribution in [2.45, 2.75) is 25.7 Å². The van der Waals surface area contributed by atoms with E-state index in [-0.39, 0.29) is 5.91 Å². The number of hydrogen-bond donors (Lipinski definition) is 0. The van der Waals surface area contributed by atoms with Crippen molar-refractivity contribution in [3.8, 4) is 11.5 Å². The van der Waals surface area contributed by atoms with Crippen molar-refractivity contribution in [1.82, 2.24) is 4.90 Å². The molecule has 2 aliphatic rings. The van der Waals surface area contributed by atoms with Crippen molar-refractivity contribution >= 4 is 5.91 Å². The summed E-state index contributed by atoms with van der Waals surface area (Å²) in [5, 5.41) is 0. The number of ether oxygens (including phenoxy) is 2. The van der Waals surface area contributed by atoms with Gasteiger partial charge in [0.05, 0.1) is 6.26 Å². The molecule has 2 aliphatic heterocycles. The number of furan rings is 1. The Labute approximate surface area is 141 Å². The van der Waals surface area contributed by atoms with E-state index in [1.54, 1.807) is 18.4 Å². The highest BCUT2D eigenvalue weighted by Crippen LogP contribution is 2.33. The summed E-state index contributed by atoms with van der Waals surface area (Å²) >= 11 is 0. The molecule has 126 valence electrons. The van der Waals surface area contributed by atoms with Crippen molar-refractivity contribution in [2.75, 3.05) is 19.9 Å². The lowest BCUT2D eigenvalue weighted by molar-refractivity contribution is 0.0655. The third-order valence-electron chi connectivity index (χ3n) is 4.91. The third kappa shape index (κ3) is 3.11. The molecular weight excluding hydrogens is 306 g/mol. The van der Waals surface area contributed by atoms with Gasteiger partial charge in [-0.2, -0.15) is 0 Å². The number of carbonyl (C=O) groups excluding carboxylic acids is 1. The number of piperidine rings is 1. The first kappa shape index (κ1) is 15.1. The van der Waals surface area contributed by atoms with Crippen LogP contribution in [0.15, 0.2) is 41.0 Å². The van der Waals surface area contributed by atoms with Gasteiger partial charge in [0.15, 0.2) is 17.3 Å². The zero-order valence-corrected chi connectivity index (χ0v) is 13.6. The van der Waals surface area contributed by atoms with Crippen LogP contribution in [-0.2, 0) is 6.42 Å². The van der Waals surface area contributed by atoms with Crippen LogP contribution < -0.4 is 9.47 Å². The maximum Gasteiger partial charge on any atom is 0.289 e. The van der Waals surface area contributed by atoms with E-state index in [2.05, 4.69) is 12.1 Å². The number of benzene rings is 1. The summed E-state index contributed by atoms with van der Waals surface area (Å²) in [5.74, 6) is 2.80. The lowest BCUT2D eigenvalue weighted by atomic mass is 9.90. The molecule has 0 unspecified atom stereocenters. The molecule has 3 heterocycles. The summed E-state index contributed by atoms with van der Waals surface area (Å²) in [6, 6.07) is 9.67. The van der Waals surface area contributed by atoms with Crippen LogP contribution in [0.1, 0.15) is 35.4 Å². The van der Waals surface area contributed by atoms with Gasteiger partial charge in [0.2, 0.25) is 6.79 Å². The van der Waals surface area contributed by atoms with Gasteiger partial charge in [-0.15, -0.1) is 0 Å². The van der Waals surface area contributed by atoms with E-state index in [1.807, 2.05) is 11.0 Å². The largest absolute Gasteiger partial charge is 0.459 e. The smallest absolute Gasteiger partial charge is 0.289 e. The van der Waals surface area contributed by atoms with Gasteiger partial charge >= 0.3 is 0 Å². The summed E-state index contributed by atoms with van der Waals surface area (Å²) in [6.45, 7) is 1.94. The quantitative estimate of drug-likeness (QED) is 0.862. The first-order valence-electron chi connectivity index (χ1n) is 8.51. The first-order chi connectivity index (χ1) is 11.8. The van der Waals surface area contributed by atoms with Crippen LogP contribution in [0.3, 0.4) is 0 Å². The van der Waals surface area contributed by atoms with Crippen molar-refractivity contribution in [3.05, 3.63) is 47.9 Å². The fraction of sp³-hybridized carbons (Fsp3) is 0.421. The molecule has 0 saturated carbocycles. The summed E-state index contributed by atoms with van der Waals surface area (Å²) in [7, 11) is 0. The van der Waals surface area contributed by atoms with Crippen LogP contribution in [0, 0.1) is 5.92 Å². The fourth-order valence-corrected chi connectivity index (χ4v) is 3.45. The minimum absolute atomic E-state index is 0.00854. The molecule has 24 heavy (non-hydrogen) atoms. The monoisotopic (exact) mass is 327 g/mol. The molecule has 1 fully saturated rings. The van der Waals surface area contributed by atoms with E-state index in [0.29, 0.717) is 18.5 Å². The van der Waals surface area contributed by atoms with E-state index in [1.165, 1.54) is 5.56 Å². The molecule has 1 saturated heterocycles. The number of hydrogen-bond acceptors (Lipinski definition) is 4. The molecule has 1 aromatic carbocycles. The van der Waals surface area contributed by atoms with Crippen LogP contribution in [0.5, 0.6) is 11.5 Å². The average Bonchev–Trinajstić information content (AvgIpc) is 3.31. The van der Waals surface area contributed by atoms with Crippen LogP contribution in [0.2, 0.25) is 0 Å². The normalized spacial score (nSPS) is 17.2. The number of aryl methyl sites for hydroxylation is 1. The molecule has 0 spiro atoms. The standard InChI is InChI=1S/C19H21NO4/c21-19(17-2-1-11-22-17)20-9-7-14(8-10-20)3-4-15-5-6-16-18(12-15)24-13-23-16/h1-2,5-6,11-12,14H,3-4,7-10,13H2. The van der Waals surface area contributed by atoms with Gasteiger partial charge < -0.3 is 18.8 Å². The van der Waals surface area contributed by atoms with Gasteiger partial charge in [0, 0.05) is 13.1 Å². The van der Waals surface area contributed by atoms with Crippen LogP contribution in [0.4, 0.5) is 0 Å². The second-order valence-electron chi connectivity index (χ2n) is 6.44. The molecule has 0 bridgehead atoms. The Balaban J connectivity index is 1.27. The highest BCUT2D eigenvalue weighted by atomic mass is 16.7. The Bertz CT molecular complexity index is 702. The highest BCUT2D eigenvalue weighted by Gasteiger charge is 2.25. The Kier molecular flexibility index (Phi) is 4.15. The number of nitrogens with zero attached hydrogens (tertiary/aromatic N) is 1. The van der Waals surface area contributed by atoms with Gasteiger partial charge in [-0.1, -0.05) is 6.07 Å². The lowest BCUT2D eigenvalue weighted by Gasteiger charge is -2.31. The molecule has 0 radical (unpaired) electrons. The maximum atomic E-state index is 12.3. The predicted molar refractivity (Wildman–Crippen MR) is 88.2 cm³/mol. The van der Waals surface area contributed by atoms with E-state index >= 15 is 0 Å². The Hall–Kier alpha value is -2.43. The second-order valence-corrected chi connectivity index (χ2v) is 6.44. The molecule has 1 amide bonds. The fourth-order valence-electron chi connectivity index (χ4n) is 3.45. The molecule has 2 aromatic rings. The molecule has 1 aromatic heterocycles. The highest BCUT2D eigenvalue weighted by molar-refractivity contribution is 5.91. The minimum Gasteiger partial charge on any atom is -0.459 e. The van der Waals surface area contributed by atoms with Crippen LogP contribution in [-0.4, -0.2) is 30.7 Å². The van der Waals surface area contributed by atoms with E-state index in [4.69, 9.17) is 13.9 Å². The number of amides is 1. The summed E-state index contributed by atoms with van der Waals surface area (Å²) in [6.07, 6.45) is 5.83. The molecule has 5 nitrogen and oxygen atoms in total. The van der Waals surface area contributed by atoms with Crippen LogP contribution >= 0.6 is 0 Å². The molecule has 0 N–H and O–H groups in total. The predicted octanol–water partition coefficient (Wildman–Crippen LogP) is 3.49.